The standard InChI is InChI=1S/C19H13NS/c1-2-7-13-15-11-10-14-12-6-4-5-8-16(12)20-18(14)19(15)21-17(13)9-3-1/h1-8,10-11,20H,9H2. The van der Waals surface area contributed by atoms with E-state index in [0.717, 1.165) is 6.42 Å². The molecular weight excluding hydrogens is 274 g/mol. The first-order valence-electron chi connectivity index (χ1n) is 7.20. The minimum atomic E-state index is 1.03. The number of thiophene rings is 1. The van der Waals surface area contributed by atoms with Crippen LogP contribution in [0.5, 0.6) is 0 Å². The van der Waals surface area contributed by atoms with Crippen molar-refractivity contribution < 1.29 is 0 Å². The van der Waals surface area contributed by atoms with Gasteiger partial charge in [0.1, 0.15) is 0 Å². The Morgan fingerprint density at radius 1 is 0.905 bits per heavy atom. The summed E-state index contributed by atoms with van der Waals surface area (Å²) in [5, 5.41) is 4.01. The van der Waals surface area contributed by atoms with Gasteiger partial charge in [-0.2, -0.15) is 0 Å². The molecule has 4 aromatic rings. The van der Waals surface area contributed by atoms with Crippen molar-refractivity contribution in [2.45, 2.75) is 6.42 Å². The molecule has 0 saturated heterocycles. The summed E-state index contributed by atoms with van der Waals surface area (Å²) in [7, 11) is 0. The highest BCUT2D eigenvalue weighted by atomic mass is 32.1. The van der Waals surface area contributed by atoms with E-state index in [2.05, 4.69) is 65.7 Å². The monoisotopic (exact) mass is 287 g/mol. The number of H-pyrrole nitrogens is 1. The van der Waals surface area contributed by atoms with E-state index >= 15 is 0 Å². The van der Waals surface area contributed by atoms with Gasteiger partial charge >= 0.3 is 0 Å². The molecule has 0 unspecified atom stereocenters. The highest BCUT2D eigenvalue weighted by molar-refractivity contribution is 7.20. The Hall–Kier alpha value is -2.32. The molecule has 5 rings (SSSR count). The predicted molar refractivity (Wildman–Crippen MR) is 93.1 cm³/mol. The third-order valence-corrected chi connectivity index (χ3v) is 5.52. The average molecular weight is 287 g/mol. The maximum absolute atomic E-state index is 3.61. The number of aromatic nitrogens is 1. The van der Waals surface area contributed by atoms with Gasteiger partial charge in [-0.3, -0.25) is 0 Å². The first-order valence-corrected chi connectivity index (χ1v) is 8.01. The third-order valence-electron chi connectivity index (χ3n) is 4.26. The Bertz CT molecular complexity index is 1060. The molecule has 0 aliphatic heterocycles. The molecule has 1 nitrogen and oxygen atoms in total. The SMILES string of the molecule is C1=CCc2sc3c(ccc4c5ccccc5[nH]c43)c2C=C1. The minimum absolute atomic E-state index is 1.03. The Morgan fingerprint density at radius 3 is 2.81 bits per heavy atom. The molecule has 1 aliphatic carbocycles. The van der Waals surface area contributed by atoms with Gasteiger partial charge in [0.2, 0.25) is 0 Å². The number of rotatable bonds is 0. The van der Waals surface area contributed by atoms with E-state index in [1.54, 1.807) is 0 Å². The van der Waals surface area contributed by atoms with Gasteiger partial charge < -0.3 is 4.98 Å². The lowest BCUT2D eigenvalue weighted by Crippen LogP contribution is -1.76. The molecule has 0 atom stereocenters. The molecule has 21 heavy (non-hydrogen) atoms. The molecule has 1 aliphatic rings. The number of allylic oxidation sites excluding steroid dienone is 3. The quantitative estimate of drug-likeness (QED) is 0.429. The molecule has 0 radical (unpaired) electrons. The fourth-order valence-corrected chi connectivity index (χ4v) is 4.54. The average Bonchev–Trinajstić information content (AvgIpc) is 2.97. The van der Waals surface area contributed by atoms with E-state index in [1.807, 2.05) is 11.3 Å². The number of hydrogen-bond donors (Lipinski definition) is 1. The summed E-state index contributed by atoms with van der Waals surface area (Å²) in [5.41, 5.74) is 3.89. The van der Waals surface area contributed by atoms with E-state index < -0.39 is 0 Å². The first-order chi connectivity index (χ1) is 10.4. The summed E-state index contributed by atoms with van der Waals surface area (Å²) in [4.78, 5) is 5.07. The summed E-state index contributed by atoms with van der Waals surface area (Å²) < 4.78 is 1.38. The number of aromatic amines is 1. The van der Waals surface area contributed by atoms with E-state index in [1.165, 1.54) is 42.3 Å². The lowest BCUT2D eigenvalue weighted by molar-refractivity contribution is 1.35. The van der Waals surface area contributed by atoms with E-state index in [-0.39, 0.29) is 0 Å². The van der Waals surface area contributed by atoms with Gasteiger partial charge in [0.05, 0.1) is 10.2 Å². The molecule has 0 spiro atoms. The Balaban J connectivity index is 1.97. The van der Waals surface area contributed by atoms with Crippen molar-refractivity contribution in [1.29, 1.82) is 0 Å². The van der Waals surface area contributed by atoms with Crippen LogP contribution in [-0.2, 0) is 6.42 Å². The number of benzene rings is 2. The fourth-order valence-electron chi connectivity index (χ4n) is 3.28. The van der Waals surface area contributed by atoms with Crippen LogP contribution in [0.3, 0.4) is 0 Å². The number of fused-ring (bicyclic) bond motifs is 7. The van der Waals surface area contributed by atoms with Crippen molar-refractivity contribution in [3.63, 3.8) is 0 Å². The smallest absolute Gasteiger partial charge is 0.0646 e. The number of hydrogen-bond acceptors (Lipinski definition) is 1. The van der Waals surface area contributed by atoms with Gasteiger partial charge in [-0.15, -0.1) is 11.3 Å². The van der Waals surface area contributed by atoms with Gasteiger partial charge in [0.15, 0.2) is 0 Å². The van der Waals surface area contributed by atoms with Crippen LogP contribution in [0, 0.1) is 0 Å². The highest BCUT2D eigenvalue weighted by Gasteiger charge is 2.14. The molecule has 1 N–H and O–H groups in total. The van der Waals surface area contributed by atoms with Crippen LogP contribution in [0.25, 0.3) is 38.0 Å². The van der Waals surface area contributed by atoms with E-state index in [4.69, 9.17) is 0 Å². The van der Waals surface area contributed by atoms with E-state index in [0.29, 0.717) is 0 Å². The fraction of sp³-hybridized carbons (Fsp3) is 0.0526. The van der Waals surface area contributed by atoms with Crippen molar-refractivity contribution >= 4 is 49.3 Å². The number of para-hydroxylation sites is 1. The van der Waals surface area contributed by atoms with Crippen molar-refractivity contribution in [2.24, 2.45) is 0 Å². The maximum Gasteiger partial charge on any atom is 0.0646 e. The molecule has 0 saturated carbocycles. The third kappa shape index (κ3) is 1.51. The molecule has 2 heterocycles. The molecule has 100 valence electrons. The first kappa shape index (κ1) is 11.4. The van der Waals surface area contributed by atoms with Crippen LogP contribution < -0.4 is 0 Å². The Morgan fingerprint density at radius 2 is 1.81 bits per heavy atom. The van der Waals surface area contributed by atoms with Gasteiger partial charge in [-0.25, -0.2) is 0 Å². The van der Waals surface area contributed by atoms with Crippen molar-refractivity contribution in [1.82, 2.24) is 4.98 Å². The molecule has 2 aromatic heterocycles. The predicted octanol–water partition coefficient (Wildman–Crippen LogP) is 5.66. The van der Waals surface area contributed by atoms with Crippen LogP contribution >= 0.6 is 11.3 Å². The van der Waals surface area contributed by atoms with Gasteiger partial charge in [0.25, 0.3) is 0 Å². The van der Waals surface area contributed by atoms with Gasteiger partial charge in [-0.05, 0) is 11.6 Å². The second-order valence-corrected chi connectivity index (χ2v) is 6.57. The van der Waals surface area contributed by atoms with Crippen LogP contribution in [0.1, 0.15) is 10.4 Å². The van der Waals surface area contributed by atoms with E-state index in [9.17, 15) is 0 Å². The van der Waals surface area contributed by atoms with Gasteiger partial charge in [0, 0.05) is 33.0 Å². The lowest BCUT2D eigenvalue weighted by Gasteiger charge is -1.95. The van der Waals surface area contributed by atoms with Crippen molar-refractivity contribution in [3.8, 4) is 0 Å². The topological polar surface area (TPSA) is 15.8 Å². The summed E-state index contributed by atoms with van der Waals surface area (Å²) in [6.45, 7) is 0. The summed E-state index contributed by atoms with van der Waals surface area (Å²) in [6, 6.07) is 13.1. The van der Waals surface area contributed by atoms with Crippen LogP contribution in [0.2, 0.25) is 0 Å². The lowest BCUT2D eigenvalue weighted by atomic mass is 10.1. The van der Waals surface area contributed by atoms with Crippen LogP contribution in [0.15, 0.2) is 54.6 Å². The van der Waals surface area contributed by atoms with Gasteiger partial charge in [-0.1, -0.05) is 54.6 Å². The number of nitrogens with one attached hydrogen (secondary N) is 1. The molecule has 0 bridgehead atoms. The summed E-state index contributed by atoms with van der Waals surface area (Å²) in [5.74, 6) is 0. The minimum Gasteiger partial charge on any atom is -0.353 e. The normalized spacial score (nSPS) is 14.1. The Kier molecular flexibility index (Phi) is 2.21. The zero-order chi connectivity index (χ0) is 13.8. The van der Waals surface area contributed by atoms with Crippen molar-refractivity contribution in [3.05, 3.63) is 65.1 Å². The largest absolute Gasteiger partial charge is 0.353 e. The van der Waals surface area contributed by atoms with Crippen molar-refractivity contribution in [2.75, 3.05) is 0 Å². The zero-order valence-electron chi connectivity index (χ0n) is 11.4. The van der Waals surface area contributed by atoms with Crippen LogP contribution in [0.4, 0.5) is 0 Å². The summed E-state index contributed by atoms with van der Waals surface area (Å²) >= 11 is 1.92. The second kappa shape index (κ2) is 4.09. The second-order valence-electron chi connectivity index (χ2n) is 5.47. The Labute approximate surface area is 126 Å². The molecule has 0 fully saturated rings. The molecule has 0 amide bonds. The highest BCUT2D eigenvalue weighted by Crippen LogP contribution is 2.40. The molecule has 2 heteroatoms. The van der Waals surface area contributed by atoms with Crippen LogP contribution in [-0.4, -0.2) is 4.98 Å². The molecule has 2 aromatic carbocycles. The summed E-state index contributed by atoms with van der Waals surface area (Å²) in [6.07, 6.45) is 9.79. The maximum atomic E-state index is 3.61. The molecular formula is C19H13NS. The zero-order valence-corrected chi connectivity index (χ0v) is 12.2.